The summed E-state index contributed by atoms with van der Waals surface area (Å²) in [5.41, 5.74) is -0.860. The van der Waals surface area contributed by atoms with Crippen molar-refractivity contribution in [2.75, 3.05) is 33.3 Å². The van der Waals surface area contributed by atoms with Gasteiger partial charge in [0.25, 0.3) is 0 Å². The van der Waals surface area contributed by atoms with Crippen molar-refractivity contribution in [3.05, 3.63) is 29.8 Å². The number of sulfonamides is 1. The third-order valence-corrected chi connectivity index (χ3v) is 8.34. The third kappa shape index (κ3) is 9.47. The molecule has 34 heavy (non-hydrogen) atoms. The lowest BCUT2D eigenvalue weighted by molar-refractivity contribution is -0.137. The maximum atomic E-state index is 12.7. The number of halogens is 3. The third-order valence-electron chi connectivity index (χ3n) is 6.90. The fourth-order valence-electron chi connectivity index (χ4n) is 4.56. The second kappa shape index (κ2) is 12.7. The van der Waals surface area contributed by atoms with Gasteiger partial charge in [0.2, 0.25) is 10.0 Å². The van der Waals surface area contributed by atoms with Gasteiger partial charge < -0.3 is 9.64 Å². The molecule has 2 saturated carbocycles. The Morgan fingerprint density at radius 2 is 1.56 bits per heavy atom. The first-order valence-corrected chi connectivity index (χ1v) is 14.1. The Kier molecular flexibility index (Phi) is 10.2. The van der Waals surface area contributed by atoms with Crippen LogP contribution in [0.1, 0.15) is 69.8 Å². The lowest BCUT2D eigenvalue weighted by Gasteiger charge is -2.28. The maximum absolute atomic E-state index is 12.7. The van der Waals surface area contributed by atoms with E-state index in [2.05, 4.69) is 16.7 Å². The fraction of sp³-hybridized carbons (Fsp3) is 0.760. The zero-order valence-corrected chi connectivity index (χ0v) is 21.0. The van der Waals surface area contributed by atoms with Crippen LogP contribution >= 0.6 is 0 Å². The summed E-state index contributed by atoms with van der Waals surface area (Å²) in [6, 6.07) is 3.60. The monoisotopic (exact) mass is 504 g/mol. The molecule has 1 aromatic rings. The molecule has 0 saturated heterocycles. The normalized spacial score (nSPS) is 21.8. The van der Waals surface area contributed by atoms with Crippen molar-refractivity contribution in [3.63, 3.8) is 0 Å². The Balaban J connectivity index is 1.24. The van der Waals surface area contributed by atoms with E-state index in [1.807, 2.05) is 0 Å². The summed E-state index contributed by atoms with van der Waals surface area (Å²) in [5.74, 6) is 1.17. The van der Waals surface area contributed by atoms with Crippen LogP contribution < -0.4 is 4.72 Å². The van der Waals surface area contributed by atoms with E-state index in [4.69, 9.17) is 4.74 Å². The molecule has 0 heterocycles. The van der Waals surface area contributed by atoms with Gasteiger partial charge in [0.1, 0.15) is 0 Å². The highest BCUT2D eigenvalue weighted by Gasteiger charge is 2.31. The lowest BCUT2D eigenvalue weighted by Crippen LogP contribution is -2.32. The van der Waals surface area contributed by atoms with E-state index >= 15 is 0 Å². The number of unbranched alkanes of at least 4 members (excludes halogenated alkanes) is 3. The zero-order valence-electron chi connectivity index (χ0n) is 20.2. The molecule has 1 N–H and O–H groups in total. The van der Waals surface area contributed by atoms with Crippen LogP contribution in [0.25, 0.3) is 0 Å². The number of ether oxygens (including phenoxy) is 1. The minimum absolute atomic E-state index is 0.146. The summed E-state index contributed by atoms with van der Waals surface area (Å²) in [5, 5.41) is 0. The van der Waals surface area contributed by atoms with Gasteiger partial charge in [-0.25, -0.2) is 13.1 Å². The summed E-state index contributed by atoms with van der Waals surface area (Å²) in [6.45, 7) is 3.52. The van der Waals surface area contributed by atoms with Gasteiger partial charge in [-0.1, -0.05) is 12.8 Å². The molecule has 0 spiro atoms. The zero-order chi connectivity index (χ0) is 24.6. The van der Waals surface area contributed by atoms with Gasteiger partial charge in [-0.2, -0.15) is 13.2 Å². The van der Waals surface area contributed by atoms with Crippen LogP contribution in [0, 0.1) is 11.8 Å². The van der Waals surface area contributed by atoms with Gasteiger partial charge in [0.15, 0.2) is 0 Å². The van der Waals surface area contributed by atoms with Crippen molar-refractivity contribution in [2.24, 2.45) is 11.8 Å². The lowest BCUT2D eigenvalue weighted by atomic mass is 9.87. The molecule has 0 atom stereocenters. The first kappa shape index (κ1) is 27.4. The molecule has 1 aromatic carbocycles. The standard InChI is InChI=1S/C25H39F3N2O3S/c1-30(19-21-6-7-21)16-4-2-3-5-17-33-23-12-8-20(9-13-23)18-29-34(31,32)24-14-10-22(11-15-24)25(26,27)28/h10-11,14-15,20-21,23,29H,2-9,12-13,16-19H2,1H3. The predicted molar refractivity (Wildman–Crippen MR) is 127 cm³/mol. The molecule has 3 rings (SSSR count). The molecule has 9 heteroatoms. The molecule has 2 fully saturated rings. The fourth-order valence-corrected chi connectivity index (χ4v) is 5.67. The van der Waals surface area contributed by atoms with E-state index in [0.29, 0.717) is 6.54 Å². The summed E-state index contributed by atoms with van der Waals surface area (Å²) in [7, 11) is -1.60. The molecule has 0 aliphatic heterocycles. The molecule has 0 aromatic heterocycles. The molecule has 0 unspecified atom stereocenters. The minimum atomic E-state index is -4.48. The topological polar surface area (TPSA) is 58.6 Å². The minimum Gasteiger partial charge on any atom is -0.378 e. The van der Waals surface area contributed by atoms with E-state index in [1.54, 1.807) is 0 Å². The number of rotatable bonds is 14. The van der Waals surface area contributed by atoms with Gasteiger partial charge in [-0.15, -0.1) is 0 Å². The van der Waals surface area contributed by atoms with Gasteiger partial charge in [-0.05, 0) is 101 Å². The summed E-state index contributed by atoms with van der Waals surface area (Å²) >= 11 is 0. The van der Waals surface area contributed by atoms with Crippen molar-refractivity contribution >= 4 is 10.0 Å². The first-order valence-electron chi connectivity index (χ1n) is 12.6. The van der Waals surface area contributed by atoms with Gasteiger partial charge >= 0.3 is 6.18 Å². The maximum Gasteiger partial charge on any atom is 0.416 e. The highest BCUT2D eigenvalue weighted by atomic mass is 32.2. The van der Waals surface area contributed by atoms with Crippen LogP contribution in [0.15, 0.2) is 29.2 Å². The molecule has 0 bridgehead atoms. The number of nitrogens with zero attached hydrogens (tertiary/aromatic N) is 1. The summed E-state index contributed by atoms with van der Waals surface area (Å²) < 4.78 is 71.4. The van der Waals surface area contributed by atoms with Crippen LogP contribution in [0.2, 0.25) is 0 Å². The van der Waals surface area contributed by atoms with Gasteiger partial charge in [0.05, 0.1) is 16.6 Å². The average molecular weight is 505 g/mol. The van der Waals surface area contributed by atoms with Crippen molar-refractivity contribution in [1.29, 1.82) is 0 Å². The molecule has 0 radical (unpaired) electrons. The van der Waals surface area contributed by atoms with Crippen LogP contribution in [0.5, 0.6) is 0 Å². The van der Waals surface area contributed by atoms with Crippen LogP contribution in [0.4, 0.5) is 13.2 Å². The van der Waals surface area contributed by atoms with Crippen molar-refractivity contribution < 1.29 is 26.3 Å². The largest absolute Gasteiger partial charge is 0.416 e. The first-order chi connectivity index (χ1) is 16.1. The van der Waals surface area contributed by atoms with Gasteiger partial charge in [-0.3, -0.25) is 0 Å². The van der Waals surface area contributed by atoms with Crippen molar-refractivity contribution in [3.8, 4) is 0 Å². The molecular weight excluding hydrogens is 465 g/mol. The summed E-state index contributed by atoms with van der Waals surface area (Å²) in [4.78, 5) is 2.31. The second-order valence-corrected chi connectivity index (χ2v) is 11.8. The van der Waals surface area contributed by atoms with Crippen LogP contribution in [-0.4, -0.2) is 52.7 Å². The van der Waals surface area contributed by atoms with E-state index in [-0.39, 0.29) is 16.9 Å². The molecule has 2 aliphatic carbocycles. The smallest absolute Gasteiger partial charge is 0.378 e. The number of benzene rings is 1. The average Bonchev–Trinajstić information content (AvgIpc) is 3.61. The molecule has 194 valence electrons. The molecule has 2 aliphatic rings. The molecular formula is C25H39F3N2O3S. The Morgan fingerprint density at radius 3 is 2.18 bits per heavy atom. The Morgan fingerprint density at radius 1 is 0.941 bits per heavy atom. The SMILES string of the molecule is CN(CCCCCCOC1CCC(CNS(=O)(=O)c2ccc(C(F)(F)F)cc2)CC1)CC1CC1. The van der Waals surface area contributed by atoms with Crippen LogP contribution in [0.3, 0.4) is 0 Å². The van der Waals surface area contributed by atoms with Crippen LogP contribution in [-0.2, 0) is 20.9 Å². The van der Waals surface area contributed by atoms with Crippen molar-refractivity contribution in [1.82, 2.24) is 9.62 Å². The predicted octanol–water partition coefficient (Wildman–Crippen LogP) is 5.46. The number of hydrogen-bond acceptors (Lipinski definition) is 4. The van der Waals surface area contributed by atoms with E-state index in [0.717, 1.165) is 68.9 Å². The number of alkyl halides is 3. The molecule has 0 amide bonds. The molecule has 5 nitrogen and oxygen atoms in total. The van der Waals surface area contributed by atoms with E-state index in [1.165, 1.54) is 45.2 Å². The Hall–Kier alpha value is -1.16. The highest BCUT2D eigenvalue weighted by Crippen LogP contribution is 2.31. The highest BCUT2D eigenvalue weighted by molar-refractivity contribution is 7.89. The number of nitrogens with one attached hydrogen (secondary N) is 1. The van der Waals surface area contributed by atoms with E-state index in [9.17, 15) is 21.6 Å². The Bertz CT molecular complexity index is 834. The second-order valence-electron chi connectivity index (χ2n) is 10.0. The quantitative estimate of drug-likeness (QED) is 0.342. The number of hydrogen-bond donors (Lipinski definition) is 1. The van der Waals surface area contributed by atoms with Gasteiger partial charge in [0, 0.05) is 19.7 Å². The van der Waals surface area contributed by atoms with Crippen molar-refractivity contribution in [2.45, 2.75) is 81.4 Å². The van der Waals surface area contributed by atoms with E-state index < -0.39 is 21.8 Å². The summed E-state index contributed by atoms with van der Waals surface area (Å²) in [6.07, 6.45) is 6.93. The Labute approximate surface area is 202 Å².